The highest BCUT2D eigenvalue weighted by molar-refractivity contribution is 7.92. The van der Waals surface area contributed by atoms with Crippen molar-refractivity contribution < 1.29 is 13.2 Å². The summed E-state index contributed by atoms with van der Waals surface area (Å²) >= 11 is 0. The first kappa shape index (κ1) is 17.9. The Morgan fingerprint density at radius 2 is 1.83 bits per heavy atom. The maximum Gasteiger partial charge on any atom is 0.251 e. The van der Waals surface area contributed by atoms with Crippen LogP contribution in [0, 0.1) is 0 Å². The molecular formula is C17H21N3O3S. The van der Waals surface area contributed by atoms with Crippen molar-refractivity contribution in [3.63, 3.8) is 0 Å². The lowest BCUT2D eigenvalue weighted by atomic mass is 10.0. The minimum Gasteiger partial charge on any atom is -0.351 e. The Bertz CT molecular complexity index is 772. The third-order valence-corrected chi connectivity index (χ3v) is 4.68. The molecule has 0 saturated heterocycles. The Morgan fingerprint density at radius 1 is 1.12 bits per heavy atom. The van der Waals surface area contributed by atoms with Gasteiger partial charge < -0.3 is 5.32 Å². The zero-order chi connectivity index (χ0) is 17.6. The van der Waals surface area contributed by atoms with Gasteiger partial charge in [-0.1, -0.05) is 32.0 Å². The number of amides is 1. The van der Waals surface area contributed by atoms with E-state index < -0.39 is 10.0 Å². The van der Waals surface area contributed by atoms with Crippen LogP contribution in [0.4, 0.5) is 5.82 Å². The minimum atomic E-state index is -3.56. The summed E-state index contributed by atoms with van der Waals surface area (Å²) in [6.07, 6.45) is 1.50. The van der Waals surface area contributed by atoms with Gasteiger partial charge in [-0.3, -0.25) is 9.52 Å². The van der Waals surface area contributed by atoms with Crippen LogP contribution < -0.4 is 10.0 Å². The van der Waals surface area contributed by atoms with Crippen molar-refractivity contribution in [2.75, 3.05) is 17.0 Å². The molecule has 0 atom stereocenters. The second kappa shape index (κ2) is 7.92. The van der Waals surface area contributed by atoms with E-state index in [-0.39, 0.29) is 24.0 Å². The fourth-order valence-electron chi connectivity index (χ4n) is 2.05. The number of nitrogens with one attached hydrogen (secondary N) is 2. The summed E-state index contributed by atoms with van der Waals surface area (Å²) in [5, 5.41) is 2.61. The molecule has 7 heteroatoms. The van der Waals surface area contributed by atoms with E-state index in [2.05, 4.69) is 28.9 Å². The molecule has 0 aliphatic heterocycles. The van der Waals surface area contributed by atoms with E-state index in [0.717, 1.165) is 5.56 Å². The van der Waals surface area contributed by atoms with Gasteiger partial charge in [0.15, 0.2) is 0 Å². The maximum atomic E-state index is 12.0. The summed E-state index contributed by atoms with van der Waals surface area (Å²) in [7, 11) is -3.56. The highest BCUT2D eigenvalue weighted by Crippen LogP contribution is 2.14. The number of carbonyl (C=O) groups is 1. The Labute approximate surface area is 142 Å². The molecule has 2 N–H and O–H groups in total. The molecule has 2 rings (SSSR count). The number of rotatable bonds is 7. The first-order chi connectivity index (χ1) is 11.4. The molecule has 128 valence electrons. The standard InChI is InChI=1S/C17H21N3O3S/c1-13(2)14-6-8-15(9-7-14)17(21)19-11-12-24(22,23)20-16-5-3-4-10-18-16/h3-10,13H,11-12H2,1-2H3,(H,18,20)(H,19,21). The van der Waals surface area contributed by atoms with E-state index >= 15 is 0 Å². The van der Waals surface area contributed by atoms with Gasteiger partial charge in [-0.2, -0.15) is 0 Å². The molecule has 0 aliphatic rings. The van der Waals surface area contributed by atoms with E-state index in [9.17, 15) is 13.2 Å². The largest absolute Gasteiger partial charge is 0.351 e. The van der Waals surface area contributed by atoms with Crippen LogP contribution >= 0.6 is 0 Å². The average molecular weight is 347 g/mol. The van der Waals surface area contributed by atoms with Crippen molar-refractivity contribution in [2.24, 2.45) is 0 Å². The van der Waals surface area contributed by atoms with Gasteiger partial charge in [0.1, 0.15) is 5.82 Å². The number of anilines is 1. The average Bonchev–Trinajstić information content (AvgIpc) is 2.55. The van der Waals surface area contributed by atoms with Crippen LogP contribution in [0.1, 0.15) is 35.7 Å². The second-order valence-corrected chi connectivity index (χ2v) is 7.51. The molecule has 24 heavy (non-hydrogen) atoms. The van der Waals surface area contributed by atoms with Gasteiger partial charge in [0.2, 0.25) is 10.0 Å². The van der Waals surface area contributed by atoms with Gasteiger partial charge in [0, 0.05) is 18.3 Å². The summed E-state index contributed by atoms with van der Waals surface area (Å²) in [6.45, 7) is 4.18. The van der Waals surface area contributed by atoms with Crippen LogP contribution in [0.15, 0.2) is 48.7 Å². The van der Waals surface area contributed by atoms with Crippen LogP contribution in [-0.4, -0.2) is 31.6 Å². The molecule has 1 amide bonds. The smallest absolute Gasteiger partial charge is 0.251 e. The minimum absolute atomic E-state index is 0.0208. The molecule has 2 aromatic rings. The van der Waals surface area contributed by atoms with Gasteiger partial charge in [0.25, 0.3) is 5.91 Å². The third-order valence-electron chi connectivity index (χ3n) is 3.42. The summed E-state index contributed by atoms with van der Waals surface area (Å²) in [5.41, 5.74) is 1.66. The van der Waals surface area contributed by atoms with Crippen LogP contribution in [0.3, 0.4) is 0 Å². The lowest BCUT2D eigenvalue weighted by Crippen LogP contribution is -2.31. The molecular weight excluding hydrogens is 326 g/mol. The topological polar surface area (TPSA) is 88.2 Å². The normalized spacial score (nSPS) is 11.3. The number of benzene rings is 1. The lowest BCUT2D eigenvalue weighted by molar-refractivity contribution is 0.0956. The molecule has 6 nitrogen and oxygen atoms in total. The van der Waals surface area contributed by atoms with Gasteiger partial charge in [0.05, 0.1) is 5.75 Å². The Balaban J connectivity index is 1.85. The van der Waals surface area contributed by atoms with E-state index in [1.54, 1.807) is 30.3 Å². The quantitative estimate of drug-likeness (QED) is 0.805. The van der Waals surface area contributed by atoms with Crippen LogP contribution in [0.25, 0.3) is 0 Å². The molecule has 0 radical (unpaired) electrons. The van der Waals surface area contributed by atoms with E-state index in [0.29, 0.717) is 11.5 Å². The van der Waals surface area contributed by atoms with Crippen molar-refractivity contribution in [1.82, 2.24) is 10.3 Å². The zero-order valence-electron chi connectivity index (χ0n) is 13.7. The predicted molar refractivity (Wildman–Crippen MR) is 94.5 cm³/mol. The molecule has 0 fully saturated rings. The molecule has 1 heterocycles. The third kappa shape index (κ3) is 5.34. The molecule has 1 aromatic heterocycles. The van der Waals surface area contributed by atoms with Gasteiger partial charge in [-0.05, 0) is 35.7 Å². The van der Waals surface area contributed by atoms with Crippen LogP contribution in [-0.2, 0) is 10.0 Å². The van der Waals surface area contributed by atoms with Gasteiger partial charge in [-0.25, -0.2) is 13.4 Å². The molecule has 0 aliphatic carbocycles. The van der Waals surface area contributed by atoms with Crippen molar-refractivity contribution >= 4 is 21.7 Å². The highest BCUT2D eigenvalue weighted by atomic mass is 32.2. The Hall–Kier alpha value is -2.41. The Kier molecular flexibility index (Phi) is 5.92. The van der Waals surface area contributed by atoms with Crippen LogP contribution in [0.5, 0.6) is 0 Å². The number of pyridine rings is 1. The summed E-state index contributed by atoms with van der Waals surface area (Å²) in [6, 6.07) is 12.2. The van der Waals surface area contributed by atoms with E-state index in [1.807, 2.05) is 12.1 Å². The monoisotopic (exact) mass is 347 g/mol. The Morgan fingerprint density at radius 3 is 2.42 bits per heavy atom. The molecule has 0 saturated carbocycles. The maximum absolute atomic E-state index is 12.0. The first-order valence-corrected chi connectivity index (χ1v) is 9.32. The highest BCUT2D eigenvalue weighted by Gasteiger charge is 2.12. The van der Waals surface area contributed by atoms with Crippen molar-refractivity contribution in [3.05, 3.63) is 59.8 Å². The SMILES string of the molecule is CC(C)c1ccc(C(=O)NCCS(=O)(=O)Nc2ccccn2)cc1. The molecule has 0 spiro atoms. The number of nitrogens with zero attached hydrogens (tertiary/aromatic N) is 1. The molecule has 0 unspecified atom stereocenters. The number of sulfonamides is 1. The lowest BCUT2D eigenvalue weighted by Gasteiger charge is -2.09. The van der Waals surface area contributed by atoms with Crippen molar-refractivity contribution in [3.8, 4) is 0 Å². The van der Waals surface area contributed by atoms with E-state index in [1.165, 1.54) is 6.20 Å². The van der Waals surface area contributed by atoms with Gasteiger partial charge in [-0.15, -0.1) is 0 Å². The molecule has 1 aromatic carbocycles. The fourth-order valence-corrected chi connectivity index (χ4v) is 2.97. The first-order valence-electron chi connectivity index (χ1n) is 7.67. The number of hydrogen-bond donors (Lipinski definition) is 2. The number of carbonyl (C=O) groups excluding carboxylic acids is 1. The predicted octanol–water partition coefficient (Wildman–Crippen LogP) is 2.38. The second-order valence-electron chi connectivity index (χ2n) is 5.67. The number of aromatic nitrogens is 1. The van der Waals surface area contributed by atoms with Crippen molar-refractivity contribution in [2.45, 2.75) is 19.8 Å². The molecule has 0 bridgehead atoms. The van der Waals surface area contributed by atoms with Crippen molar-refractivity contribution in [1.29, 1.82) is 0 Å². The number of hydrogen-bond acceptors (Lipinski definition) is 4. The summed E-state index contributed by atoms with van der Waals surface area (Å²) < 4.78 is 26.2. The van der Waals surface area contributed by atoms with Crippen LogP contribution in [0.2, 0.25) is 0 Å². The zero-order valence-corrected chi connectivity index (χ0v) is 14.5. The summed E-state index contributed by atoms with van der Waals surface area (Å²) in [4.78, 5) is 15.9. The fraction of sp³-hybridized carbons (Fsp3) is 0.294. The van der Waals surface area contributed by atoms with Gasteiger partial charge >= 0.3 is 0 Å². The summed E-state index contributed by atoms with van der Waals surface area (Å²) in [5.74, 6) is 0.135. The van der Waals surface area contributed by atoms with E-state index in [4.69, 9.17) is 0 Å².